The number of aromatic nitrogens is 2. The van der Waals surface area contributed by atoms with Gasteiger partial charge in [0.2, 0.25) is 0 Å². The normalized spacial score (nSPS) is 11.6. The maximum Gasteiger partial charge on any atom is 0.265 e. The van der Waals surface area contributed by atoms with Gasteiger partial charge in [-0.15, -0.1) is 0 Å². The fourth-order valence-corrected chi connectivity index (χ4v) is 3.34. The average molecular weight is 312 g/mol. The lowest BCUT2D eigenvalue weighted by Crippen LogP contribution is -2.19. The molecule has 2 rings (SSSR count). The topological polar surface area (TPSA) is 86.9 Å². The van der Waals surface area contributed by atoms with Gasteiger partial charge in [-0.25, -0.2) is 12.8 Å². The first kappa shape index (κ1) is 15.5. The Morgan fingerprint density at radius 2 is 1.95 bits per heavy atom. The lowest BCUT2D eigenvalue weighted by molar-refractivity contribution is 0.597. The SMILES string of the molecule is CCNCc1n[nH]c(C)c1S(=O)(=O)Nc1ccc(F)cc1. The smallest absolute Gasteiger partial charge is 0.265 e. The lowest BCUT2D eigenvalue weighted by atomic mass is 10.3. The van der Waals surface area contributed by atoms with Crippen LogP contribution in [0.5, 0.6) is 0 Å². The van der Waals surface area contributed by atoms with Crippen molar-refractivity contribution >= 4 is 15.7 Å². The van der Waals surface area contributed by atoms with Crippen molar-refractivity contribution < 1.29 is 12.8 Å². The number of H-pyrrole nitrogens is 1. The Hall–Kier alpha value is -1.93. The maximum absolute atomic E-state index is 12.9. The fourth-order valence-electron chi connectivity index (χ4n) is 1.91. The molecule has 1 aromatic carbocycles. The Bertz CT molecular complexity index is 710. The second-order valence-electron chi connectivity index (χ2n) is 4.52. The summed E-state index contributed by atoms with van der Waals surface area (Å²) in [5.74, 6) is -0.426. The summed E-state index contributed by atoms with van der Waals surface area (Å²) in [4.78, 5) is 0.118. The second-order valence-corrected chi connectivity index (χ2v) is 6.14. The molecule has 1 aromatic heterocycles. The van der Waals surface area contributed by atoms with Crippen molar-refractivity contribution in [2.24, 2.45) is 0 Å². The van der Waals surface area contributed by atoms with Crippen LogP contribution >= 0.6 is 0 Å². The minimum Gasteiger partial charge on any atom is -0.311 e. The number of hydrogen-bond acceptors (Lipinski definition) is 4. The average Bonchev–Trinajstić information content (AvgIpc) is 2.81. The molecule has 0 spiro atoms. The molecule has 0 saturated heterocycles. The molecule has 0 fully saturated rings. The third-order valence-electron chi connectivity index (χ3n) is 2.87. The molecule has 0 bridgehead atoms. The van der Waals surface area contributed by atoms with E-state index in [4.69, 9.17) is 0 Å². The van der Waals surface area contributed by atoms with Crippen LogP contribution in [0, 0.1) is 12.7 Å². The number of rotatable bonds is 6. The predicted octanol–water partition coefficient (Wildman–Crippen LogP) is 1.77. The first-order valence-corrected chi connectivity index (χ1v) is 7.95. The van der Waals surface area contributed by atoms with Gasteiger partial charge in [-0.1, -0.05) is 6.92 Å². The predicted molar refractivity (Wildman–Crippen MR) is 77.9 cm³/mol. The summed E-state index contributed by atoms with van der Waals surface area (Å²) in [7, 11) is -3.78. The molecule has 3 N–H and O–H groups in total. The zero-order valence-corrected chi connectivity index (χ0v) is 12.6. The molecule has 1 heterocycles. The number of sulfonamides is 1. The van der Waals surface area contributed by atoms with E-state index < -0.39 is 15.8 Å². The molecule has 0 aliphatic carbocycles. The number of anilines is 1. The summed E-state index contributed by atoms with van der Waals surface area (Å²) < 4.78 is 40.2. The van der Waals surface area contributed by atoms with Crippen molar-refractivity contribution in [3.63, 3.8) is 0 Å². The van der Waals surface area contributed by atoms with Gasteiger partial charge in [-0.05, 0) is 37.7 Å². The van der Waals surface area contributed by atoms with Gasteiger partial charge in [-0.2, -0.15) is 5.10 Å². The number of nitrogens with zero attached hydrogens (tertiary/aromatic N) is 1. The maximum atomic E-state index is 12.9. The largest absolute Gasteiger partial charge is 0.311 e. The van der Waals surface area contributed by atoms with Crippen LogP contribution in [-0.4, -0.2) is 25.2 Å². The Labute approximate surface area is 122 Å². The van der Waals surface area contributed by atoms with Crippen LogP contribution in [0.15, 0.2) is 29.2 Å². The molecule has 0 aliphatic rings. The molecule has 0 aliphatic heterocycles. The standard InChI is InChI=1S/C13H17FN4O2S/c1-3-15-8-12-13(9(2)16-17-12)21(19,20)18-11-6-4-10(14)5-7-11/h4-7,15,18H,3,8H2,1-2H3,(H,16,17). The number of hydrogen-bond donors (Lipinski definition) is 3. The van der Waals surface area contributed by atoms with E-state index in [0.717, 1.165) is 0 Å². The number of nitrogens with one attached hydrogen (secondary N) is 3. The van der Waals surface area contributed by atoms with Gasteiger partial charge >= 0.3 is 0 Å². The molecule has 0 radical (unpaired) electrons. The first-order chi connectivity index (χ1) is 9.94. The summed E-state index contributed by atoms with van der Waals surface area (Å²) in [5, 5.41) is 9.72. The highest BCUT2D eigenvalue weighted by Crippen LogP contribution is 2.21. The molecule has 114 valence electrons. The molecule has 0 saturated carbocycles. The van der Waals surface area contributed by atoms with Crippen molar-refractivity contribution in [1.82, 2.24) is 15.5 Å². The Balaban J connectivity index is 2.31. The van der Waals surface area contributed by atoms with Gasteiger partial charge in [-0.3, -0.25) is 9.82 Å². The van der Waals surface area contributed by atoms with Crippen molar-refractivity contribution in [3.8, 4) is 0 Å². The molecule has 6 nitrogen and oxygen atoms in total. The quantitative estimate of drug-likeness (QED) is 0.758. The summed E-state index contributed by atoms with van der Waals surface area (Å²) in [5.41, 5.74) is 1.17. The van der Waals surface area contributed by atoms with Gasteiger partial charge < -0.3 is 5.32 Å². The summed E-state index contributed by atoms with van der Waals surface area (Å²) in [6, 6.07) is 5.12. The van der Waals surface area contributed by atoms with E-state index in [0.29, 0.717) is 30.2 Å². The Morgan fingerprint density at radius 3 is 2.57 bits per heavy atom. The van der Waals surface area contributed by atoms with Crippen LogP contribution < -0.4 is 10.0 Å². The van der Waals surface area contributed by atoms with Gasteiger partial charge in [0.25, 0.3) is 10.0 Å². The second kappa shape index (κ2) is 6.23. The van der Waals surface area contributed by atoms with Crippen LogP contribution in [0.3, 0.4) is 0 Å². The summed E-state index contributed by atoms with van der Waals surface area (Å²) in [6.07, 6.45) is 0. The molecule has 2 aromatic rings. The fraction of sp³-hybridized carbons (Fsp3) is 0.308. The lowest BCUT2D eigenvalue weighted by Gasteiger charge is -2.09. The van der Waals surface area contributed by atoms with Crippen molar-refractivity contribution in [2.45, 2.75) is 25.3 Å². The van der Waals surface area contributed by atoms with E-state index >= 15 is 0 Å². The summed E-state index contributed by atoms with van der Waals surface area (Å²) in [6.45, 7) is 4.61. The summed E-state index contributed by atoms with van der Waals surface area (Å²) >= 11 is 0. The number of aromatic amines is 1. The van der Waals surface area contributed by atoms with Crippen LogP contribution in [0.2, 0.25) is 0 Å². The molecule has 0 atom stereocenters. The zero-order chi connectivity index (χ0) is 15.5. The van der Waals surface area contributed by atoms with Gasteiger partial charge in [0.15, 0.2) is 0 Å². The highest BCUT2D eigenvalue weighted by atomic mass is 32.2. The highest BCUT2D eigenvalue weighted by molar-refractivity contribution is 7.92. The zero-order valence-electron chi connectivity index (χ0n) is 11.8. The van der Waals surface area contributed by atoms with Crippen LogP contribution in [0.4, 0.5) is 10.1 Å². The minimum absolute atomic E-state index is 0.118. The highest BCUT2D eigenvalue weighted by Gasteiger charge is 2.24. The molecule has 0 amide bonds. The third-order valence-corrected chi connectivity index (χ3v) is 4.45. The number of benzene rings is 1. The number of halogens is 1. The van der Waals surface area contributed by atoms with E-state index in [1.807, 2.05) is 6.92 Å². The van der Waals surface area contributed by atoms with Crippen molar-refractivity contribution in [2.75, 3.05) is 11.3 Å². The monoisotopic (exact) mass is 312 g/mol. The van der Waals surface area contributed by atoms with Crippen molar-refractivity contribution in [3.05, 3.63) is 41.5 Å². The molecular weight excluding hydrogens is 295 g/mol. The van der Waals surface area contributed by atoms with E-state index in [1.165, 1.54) is 24.3 Å². The van der Waals surface area contributed by atoms with Crippen molar-refractivity contribution in [1.29, 1.82) is 0 Å². The molecule has 8 heteroatoms. The third kappa shape index (κ3) is 3.59. The Morgan fingerprint density at radius 1 is 1.29 bits per heavy atom. The molecule has 21 heavy (non-hydrogen) atoms. The van der Waals surface area contributed by atoms with Crippen LogP contribution in [-0.2, 0) is 16.6 Å². The van der Waals surface area contributed by atoms with Gasteiger partial charge in [0.05, 0.1) is 11.4 Å². The number of aryl methyl sites for hydroxylation is 1. The Kier molecular flexibility index (Phi) is 4.59. The molecular formula is C13H17FN4O2S. The van der Waals surface area contributed by atoms with Crippen LogP contribution in [0.25, 0.3) is 0 Å². The molecule has 0 unspecified atom stereocenters. The first-order valence-electron chi connectivity index (χ1n) is 6.47. The van der Waals surface area contributed by atoms with E-state index in [1.54, 1.807) is 6.92 Å². The van der Waals surface area contributed by atoms with E-state index in [9.17, 15) is 12.8 Å². The van der Waals surface area contributed by atoms with Gasteiger partial charge in [0, 0.05) is 12.2 Å². The van der Waals surface area contributed by atoms with E-state index in [-0.39, 0.29) is 4.90 Å². The van der Waals surface area contributed by atoms with E-state index in [2.05, 4.69) is 20.2 Å². The van der Waals surface area contributed by atoms with Gasteiger partial charge in [0.1, 0.15) is 10.7 Å². The minimum atomic E-state index is -3.78. The van der Waals surface area contributed by atoms with Crippen LogP contribution in [0.1, 0.15) is 18.3 Å².